The van der Waals surface area contributed by atoms with Gasteiger partial charge in [0.05, 0.1) is 24.5 Å². The lowest BCUT2D eigenvalue weighted by Crippen LogP contribution is -2.31. The molecule has 0 aromatic heterocycles. The minimum absolute atomic E-state index is 0.00172. The summed E-state index contributed by atoms with van der Waals surface area (Å²) in [4.78, 5) is 13.9. The molecule has 5 heteroatoms. The van der Waals surface area contributed by atoms with E-state index in [0.717, 1.165) is 35.7 Å². The minimum atomic E-state index is -0.00172. The highest BCUT2D eigenvalue weighted by atomic mass is 16.5. The van der Waals surface area contributed by atoms with Crippen molar-refractivity contribution in [2.45, 2.75) is 33.7 Å². The van der Waals surface area contributed by atoms with E-state index < -0.39 is 0 Å². The molecule has 2 aromatic rings. The number of anilines is 1. The molecule has 0 saturated heterocycles. The number of ether oxygens (including phenoxy) is 2. The van der Waals surface area contributed by atoms with Crippen molar-refractivity contribution >= 4 is 11.5 Å². The van der Waals surface area contributed by atoms with Crippen LogP contribution in [0.15, 0.2) is 30.3 Å². The van der Waals surface area contributed by atoms with Crippen molar-refractivity contribution in [2.24, 2.45) is 0 Å². The molecule has 0 unspecified atom stereocenters. The van der Waals surface area contributed by atoms with Crippen LogP contribution in [-0.2, 0) is 13.0 Å². The lowest BCUT2D eigenvalue weighted by Gasteiger charge is -2.32. The summed E-state index contributed by atoms with van der Waals surface area (Å²) in [5, 5.41) is 9.49. The van der Waals surface area contributed by atoms with Crippen LogP contribution in [0.5, 0.6) is 11.5 Å². The van der Waals surface area contributed by atoms with E-state index in [1.807, 2.05) is 26.0 Å². The molecular weight excluding hydrogens is 340 g/mol. The Labute approximate surface area is 160 Å². The van der Waals surface area contributed by atoms with Gasteiger partial charge >= 0.3 is 0 Å². The fourth-order valence-corrected chi connectivity index (χ4v) is 3.41. The largest absolute Gasteiger partial charge is 0.490 e. The Morgan fingerprint density at radius 3 is 2.37 bits per heavy atom. The molecule has 0 radical (unpaired) electrons. The zero-order valence-corrected chi connectivity index (χ0v) is 16.0. The van der Waals surface area contributed by atoms with Gasteiger partial charge in [0.15, 0.2) is 17.3 Å². The summed E-state index contributed by atoms with van der Waals surface area (Å²) in [6, 6.07) is 11.6. The molecule has 2 aromatic carbocycles. The number of ketones is 1. The fraction of sp³-hybridized carbons (Fsp3) is 0.364. The van der Waals surface area contributed by atoms with Gasteiger partial charge in [-0.05, 0) is 68.7 Å². The molecule has 0 atom stereocenters. The van der Waals surface area contributed by atoms with Crippen LogP contribution in [0.1, 0.15) is 47.8 Å². The lowest BCUT2D eigenvalue weighted by molar-refractivity contribution is 0.101. The number of fused-ring (bicyclic) bond motifs is 1. The third-order valence-corrected chi connectivity index (χ3v) is 4.74. The second kappa shape index (κ2) is 8.13. The fourth-order valence-electron chi connectivity index (χ4n) is 3.41. The van der Waals surface area contributed by atoms with Crippen molar-refractivity contribution in [2.75, 3.05) is 24.7 Å². The molecule has 0 bridgehead atoms. The molecular formula is C22H24N2O3. The highest BCUT2D eigenvalue weighted by Gasteiger charge is 2.22. The Morgan fingerprint density at radius 1 is 1.11 bits per heavy atom. The second-order valence-corrected chi connectivity index (χ2v) is 6.51. The van der Waals surface area contributed by atoms with Gasteiger partial charge in [0.25, 0.3) is 0 Å². The third kappa shape index (κ3) is 3.90. The van der Waals surface area contributed by atoms with Crippen LogP contribution >= 0.6 is 0 Å². The summed E-state index contributed by atoms with van der Waals surface area (Å²) in [5.41, 5.74) is 4.41. The van der Waals surface area contributed by atoms with Gasteiger partial charge in [-0.1, -0.05) is 0 Å². The first-order chi connectivity index (χ1) is 13.1. The van der Waals surface area contributed by atoms with Gasteiger partial charge < -0.3 is 14.4 Å². The number of hydrogen-bond donors (Lipinski definition) is 0. The van der Waals surface area contributed by atoms with Crippen molar-refractivity contribution in [3.63, 3.8) is 0 Å². The van der Waals surface area contributed by atoms with Crippen LogP contribution < -0.4 is 14.4 Å². The first kappa shape index (κ1) is 18.8. The summed E-state index contributed by atoms with van der Waals surface area (Å²) in [6.07, 6.45) is 0.844. The number of nitrogens with zero attached hydrogens (tertiary/aromatic N) is 2. The monoisotopic (exact) mass is 364 g/mol. The molecule has 0 amide bonds. The second-order valence-electron chi connectivity index (χ2n) is 6.51. The number of Topliss-reactive ketones (excluding diaryl/α,β-unsaturated/α-hetero) is 1. The van der Waals surface area contributed by atoms with Crippen LogP contribution in [0, 0.1) is 11.3 Å². The van der Waals surface area contributed by atoms with Crippen LogP contribution in [0.25, 0.3) is 0 Å². The predicted molar refractivity (Wildman–Crippen MR) is 105 cm³/mol. The van der Waals surface area contributed by atoms with E-state index >= 15 is 0 Å². The molecule has 0 saturated carbocycles. The van der Waals surface area contributed by atoms with E-state index in [1.54, 1.807) is 19.1 Å². The highest BCUT2D eigenvalue weighted by molar-refractivity contribution is 5.95. The molecule has 27 heavy (non-hydrogen) atoms. The van der Waals surface area contributed by atoms with E-state index in [-0.39, 0.29) is 5.78 Å². The van der Waals surface area contributed by atoms with Gasteiger partial charge in [0.1, 0.15) is 6.07 Å². The zero-order chi connectivity index (χ0) is 19.4. The summed E-state index contributed by atoms with van der Waals surface area (Å²) in [6.45, 7) is 8.06. The number of nitriles is 1. The van der Waals surface area contributed by atoms with E-state index in [2.05, 4.69) is 17.0 Å². The van der Waals surface area contributed by atoms with Gasteiger partial charge in [-0.3, -0.25) is 4.79 Å². The molecule has 1 aliphatic heterocycles. The predicted octanol–water partition coefficient (Wildman–Crippen LogP) is 4.12. The van der Waals surface area contributed by atoms with Crippen molar-refractivity contribution < 1.29 is 14.3 Å². The maximum absolute atomic E-state index is 11.8. The number of carbonyl (C=O) groups excluding carboxylic acids is 1. The minimum Gasteiger partial charge on any atom is -0.490 e. The molecule has 140 valence electrons. The summed E-state index contributed by atoms with van der Waals surface area (Å²) in [5.74, 6) is 1.53. The number of rotatable bonds is 6. The summed E-state index contributed by atoms with van der Waals surface area (Å²) < 4.78 is 11.5. The Bertz CT molecular complexity index is 899. The van der Waals surface area contributed by atoms with Crippen molar-refractivity contribution in [3.05, 3.63) is 52.6 Å². The third-order valence-electron chi connectivity index (χ3n) is 4.74. The molecule has 0 spiro atoms. The zero-order valence-electron chi connectivity index (χ0n) is 16.0. The lowest BCUT2D eigenvalue weighted by atomic mass is 9.97. The summed E-state index contributed by atoms with van der Waals surface area (Å²) in [7, 11) is 0. The Balaban J connectivity index is 1.97. The smallest absolute Gasteiger partial charge is 0.161 e. The Kier molecular flexibility index (Phi) is 5.66. The average Bonchev–Trinajstić information content (AvgIpc) is 2.68. The average molecular weight is 364 g/mol. The number of benzene rings is 2. The first-order valence-electron chi connectivity index (χ1n) is 9.28. The molecule has 1 heterocycles. The Morgan fingerprint density at radius 2 is 1.78 bits per heavy atom. The molecule has 3 rings (SSSR count). The molecule has 0 fully saturated rings. The number of carbonyl (C=O) groups is 1. The molecule has 0 aliphatic carbocycles. The van der Waals surface area contributed by atoms with E-state index in [9.17, 15) is 10.1 Å². The van der Waals surface area contributed by atoms with Crippen LogP contribution in [0.2, 0.25) is 0 Å². The Hall–Kier alpha value is -3.00. The first-order valence-corrected chi connectivity index (χ1v) is 9.28. The van der Waals surface area contributed by atoms with E-state index in [4.69, 9.17) is 9.47 Å². The van der Waals surface area contributed by atoms with Crippen molar-refractivity contribution in [3.8, 4) is 17.6 Å². The van der Waals surface area contributed by atoms with Gasteiger partial charge in [-0.2, -0.15) is 5.26 Å². The maximum atomic E-state index is 11.8. The molecule has 1 aliphatic rings. The molecule has 0 N–H and O–H groups in total. The summed E-state index contributed by atoms with van der Waals surface area (Å²) >= 11 is 0. The van der Waals surface area contributed by atoms with Crippen LogP contribution in [-0.4, -0.2) is 25.5 Å². The van der Waals surface area contributed by atoms with Crippen LogP contribution in [0.4, 0.5) is 5.69 Å². The van der Waals surface area contributed by atoms with E-state index in [1.165, 1.54) is 5.56 Å². The molecule has 5 nitrogen and oxygen atoms in total. The quantitative estimate of drug-likeness (QED) is 0.722. The SMILES string of the molecule is CCOc1cc2c(cc1OCC)CN(c1cc(C(C)=O)ccc1C#N)CC2. The van der Waals surface area contributed by atoms with E-state index in [0.29, 0.717) is 30.9 Å². The van der Waals surface area contributed by atoms with Gasteiger partial charge in [0, 0.05) is 18.7 Å². The number of hydrogen-bond acceptors (Lipinski definition) is 5. The van der Waals surface area contributed by atoms with Crippen molar-refractivity contribution in [1.82, 2.24) is 0 Å². The van der Waals surface area contributed by atoms with Crippen LogP contribution in [0.3, 0.4) is 0 Å². The topological polar surface area (TPSA) is 62.6 Å². The van der Waals surface area contributed by atoms with Gasteiger partial charge in [-0.25, -0.2) is 0 Å². The maximum Gasteiger partial charge on any atom is 0.161 e. The van der Waals surface area contributed by atoms with Gasteiger partial charge in [0.2, 0.25) is 0 Å². The van der Waals surface area contributed by atoms with Crippen molar-refractivity contribution in [1.29, 1.82) is 5.26 Å². The highest BCUT2D eigenvalue weighted by Crippen LogP contribution is 2.35. The normalized spacial score (nSPS) is 12.9. The standard InChI is InChI=1S/C22H24N2O3/c1-4-26-21-11-17-8-9-24(14-19(17)12-22(21)27-5-2)20-10-16(15(3)25)6-7-18(20)13-23/h6-7,10-12H,4-5,8-9,14H2,1-3H3. The van der Waals surface area contributed by atoms with Gasteiger partial charge in [-0.15, -0.1) is 0 Å².